The summed E-state index contributed by atoms with van der Waals surface area (Å²) in [6.45, 7) is 1.70. The molecule has 0 unspecified atom stereocenters. The van der Waals surface area contributed by atoms with E-state index < -0.39 is 30.1 Å². The summed E-state index contributed by atoms with van der Waals surface area (Å²) >= 11 is 0. The number of ether oxygens (including phenoxy) is 1. The van der Waals surface area contributed by atoms with Crippen molar-refractivity contribution in [3.8, 4) is 5.75 Å². The van der Waals surface area contributed by atoms with Gasteiger partial charge in [0.05, 0.1) is 0 Å². The van der Waals surface area contributed by atoms with Gasteiger partial charge >= 0.3 is 12.1 Å². The molecule has 0 heterocycles. The number of benzene rings is 1. The zero-order valence-corrected chi connectivity index (χ0v) is 11.3. The lowest BCUT2D eigenvalue weighted by atomic mass is 10.1. The molecule has 116 valence electrons. The Kier molecular flexibility index (Phi) is 5.17. The number of carboxylic acid groups (broad SMARTS) is 1. The molecule has 1 rings (SSSR count). The summed E-state index contributed by atoms with van der Waals surface area (Å²) in [6, 6.07) is 3.40. The molecule has 0 aliphatic carbocycles. The van der Waals surface area contributed by atoms with Gasteiger partial charge in [0.2, 0.25) is 5.91 Å². The van der Waals surface area contributed by atoms with Gasteiger partial charge < -0.3 is 15.2 Å². The molecule has 21 heavy (non-hydrogen) atoms. The van der Waals surface area contributed by atoms with E-state index in [-0.39, 0.29) is 17.5 Å². The molecule has 0 radical (unpaired) electrons. The Morgan fingerprint density at radius 2 is 1.95 bits per heavy atom. The van der Waals surface area contributed by atoms with Gasteiger partial charge in [-0.1, -0.05) is 13.8 Å². The average molecular weight is 305 g/mol. The first-order valence-corrected chi connectivity index (χ1v) is 5.98. The van der Waals surface area contributed by atoms with Crippen molar-refractivity contribution < 1.29 is 32.6 Å². The molecule has 0 fully saturated rings. The van der Waals surface area contributed by atoms with Gasteiger partial charge in [0.25, 0.3) is 0 Å². The molecule has 8 heteroatoms. The maximum Gasteiger partial charge on any atom is 0.422 e. The van der Waals surface area contributed by atoms with Gasteiger partial charge in [-0.3, -0.25) is 4.79 Å². The number of halogens is 3. The zero-order valence-electron chi connectivity index (χ0n) is 11.3. The van der Waals surface area contributed by atoms with Crippen LogP contribution in [-0.2, 0) is 4.79 Å². The SMILES string of the molecule is CC(C)C(=O)Nc1ccc(OCC(F)(F)F)c(C(=O)O)c1. The van der Waals surface area contributed by atoms with Crippen LogP contribution in [0.15, 0.2) is 18.2 Å². The van der Waals surface area contributed by atoms with E-state index in [0.29, 0.717) is 0 Å². The minimum atomic E-state index is -4.57. The fourth-order valence-corrected chi connectivity index (χ4v) is 1.35. The minimum absolute atomic E-state index is 0.172. The number of nitrogens with one attached hydrogen (secondary N) is 1. The largest absolute Gasteiger partial charge is 0.483 e. The van der Waals surface area contributed by atoms with Crippen LogP contribution in [0, 0.1) is 5.92 Å². The van der Waals surface area contributed by atoms with Crippen LogP contribution in [-0.4, -0.2) is 29.8 Å². The van der Waals surface area contributed by atoms with Crippen LogP contribution in [0.5, 0.6) is 5.75 Å². The van der Waals surface area contributed by atoms with E-state index in [1.807, 2.05) is 0 Å². The molecular formula is C13H14F3NO4. The topological polar surface area (TPSA) is 75.6 Å². The molecule has 0 bridgehead atoms. The molecule has 0 saturated carbocycles. The summed E-state index contributed by atoms with van der Waals surface area (Å²) in [4.78, 5) is 22.5. The first-order valence-electron chi connectivity index (χ1n) is 5.98. The van der Waals surface area contributed by atoms with Crippen molar-refractivity contribution >= 4 is 17.6 Å². The maximum atomic E-state index is 12.1. The third kappa shape index (κ3) is 5.33. The maximum absolute atomic E-state index is 12.1. The van der Waals surface area contributed by atoms with Crippen molar-refractivity contribution in [3.63, 3.8) is 0 Å². The second-order valence-corrected chi connectivity index (χ2v) is 4.56. The molecular weight excluding hydrogens is 291 g/mol. The highest BCUT2D eigenvalue weighted by atomic mass is 19.4. The summed E-state index contributed by atoms with van der Waals surface area (Å²) < 4.78 is 40.7. The number of hydrogen-bond donors (Lipinski definition) is 2. The van der Waals surface area contributed by atoms with Crippen LogP contribution in [0.2, 0.25) is 0 Å². The van der Waals surface area contributed by atoms with Crippen molar-refractivity contribution in [1.29, 1.82) is 0 Å². The third-order valence-corrected chi connectivity index (χ3v) is 2.39. The highest BCUT2D eigenvalue weighted by Crippen LogP contribution is 2.25. The van der Waals surface area contributed by atoms with Crippen LogP contribution < -0.4 is 10.1 Å². The van der Waals surface area contributed by atoms with Gasteiger partial charge in [-0.15, -0.1) is 0 Å². The lowest BCUT2D eigenvalue weighted by Gasteiger charge is -2.13. The Labute approximate surface area is 118 Å². The fourth-order valence-electron chi connectivity index (χ4n) is 1.35. The number of hydrogen-bond acceptors (Lipinski definition) is 3. The normalized spacial score (nSPS) is 11.3. The van der Waals surface area contributed by atoms with E-state index in [4.69, 9.17) is 5.11 Å². The standard InChI is InChI=1S/C13H14F3NO4/c1-7(2)11(18)17-8-3-4-10(9(5-8)12(19)20)21-6-13(14,15)16/h3-5,7H,6H2,1-2H3,(H,17,18)(H,19,20). The van der Waals surface area contributed by atoms with Crippen LogP contribution in [0.4, 0.5) is 18.9 Å². The molecule has 5 nitrogen and oxygen atoms in total. The molecule has 0 aliphatic rings. The Morgan fingerprint density at radius 1 is 1.33 bits per heavy atom. The monoisotopic (exact) mass is 305 g/mol. The van der Waals surface area contributed by atoms with Crippen molar-refractivity contribution in [1.82, 2.24) is 0 Å². The summed E-state index contributed by atoms with van der Waals surface area (Å²) in [5.41, 5.74) is -0.286. The number of rotatable bonds is 5. The molecule has 1 amide bonds. The highest BCUT2D eigenvalue weighted by Gasteiger charge is 2.29. The summed E-state index contributed by atoms with van der Waals surface area (Å²) in [5.74, 6) is -2.52. The Bertz CT molecular complexity index is 541. The van der Waals surface area contributed by atoms with Gasteiger partial charge in [-0.05, 0) is 18.2 Å². The van der Waals surface area contributed by atoms with Crippen molar-refractivity contribution in [3.05, 3.63) is 23.8 Å². The minimum Gasteiger partial charge on any atom is -0.483 e. The zero-order chi connectivity index (χ0) is 16.2. The molecule has 0 aliphatic heterocycles. The number of carboxylic acids is 1. The second-order valence-electron chi connectivity index (χ2n) is 4.56. The fraction of sp³-hybridized carbons (Fsp3) is 0.385. The van der Waals surface area contributed by atoms with E-state index in [1.54, 1.807) is 13.8 Å². The van der Waals surface area contributed by atoms with Crippen molar-refractivity contribution in [2.75, 3.05) is 11.9 Å². The first-order chi connectivity index (χ1) is 9.60. The van der Waals surface area contributed by atoms with Gasteiger partial charge in [0, 0.05) is 11.6 Å². The first kappa shape index (κ1) is 16.8. The van der Waals surface area contributed by atoms with E-state index in [2.05, 4.69) is 10.1 Å². The van der Waals surface area contributed by atoms with Crippen LogP contribution in [0.3, 0.4) is 0 Å². The van der Waals surface area contributed by atoms with Crippen molar-refractivity contribution in [2.24, 2.45) is 5.92 Å². The number of carbonyl (C=O) groups excluding carboxylic acids is 1. The van der Waals surface area contributed by atoms with Crippen LogP contribution >= 0.6 is 0 Å². The van der Waals surface area contributed by atoms with Crippen LogP contribution in [0.25, 0.3) is 0 Å². The predicted molar refractivity (Wildman–Crippen MR) is 68.4 cm³/mol. The lowest BCUT2D eigenvalue weighted by Crippen LogP contribution is -2.21. The molecule has 1 aromatic rings. The van der Waals surface area contributed by atoms with Gasteiger partial charge in [0.15, 0.2) is 6.61 Å². The summed E-state index contributed by atoms with van der Waals surface area (Å²) in [6.07, 6.45) is -4.57. The summed E-state index contributed by atoms with van der Waals surface area (Å²) in [5, 5.41) is 11.4. The van der Waals surface area contributed by atoms with E-state index in [9.17, 15) is 22.8 Å². The smallest absolute Gasteiger partial charge is 0.422 e. The quantitative estimate of drug-likeness (QED) is 0.877. The van der Waals surface area contributed by atoms with Gasteiger partial charge in [-0.25, -0.2) is 4.79 Å². The van der Waals surface area contributed by atoms with E-state index in [1.165, 1.54) is 6.07 Å². The molecule has 0 atom stereocenters. The van der Waals surface area contributed by atoms with Crippen molar-refractivity contribution in [2.45, 2.75) is 20.0 Å². The van der Waals surface area contributed by atoms with Crippen LogP contribution in [0.1, 0.15) is 24.2 Å². The molecule has 0 spiro atoms. The lowest BCUT2D eigenvalue weighted by molar-refractivity contribution is -0.153. The Balaban J connectivity index is 2.97. The number of amides is 1. The third-order valence-electron chi connectivity index (χ3n) is 2.39. The predicted octanol–water partition coefficient (Wildman–Crippen LogP) is 2.92. The molecule has 0 saturated heterocycles. The average Bonchev–Trinajstić information content (AvgIpc) is 2.35. The van der Waals surface area contributed by atoms with E-state index >= 15 is 0 Å². The van der Waals surface area contributed by atoms with Gasteiger partial charge in [0.1, 0.15) is 11.3 Å². The Morgan fingerprint density at radius 3 is 2.43 bits per heavy atom. The molecule has 0 aromatic heterocycles. The Hall–Kier alpha value is -2.25. The highest BCUT2D eigenvalue weighted by molar-refractivity contribution is 5.96. The summed E-state index contributed by atoms with van der Waals surface area (Å²) in [7, 11) is 0. The van der Waals surface area contributed by atoms with E-state index in [0.717, 1.165) is 12.1 Å². The van der Waals surface area contributed by atoms with Gasteiger partial charge in [-0.2, -0.15) is 13.2 Å². The number of aromatic carboxylic acids is 1. The molecule has 2 N–H and O–H groups in total. The number of alkyl halides is 3. The molecule has 1 aromatic carbocycles. The second kappa shape index (κ2) is 6.47. The number of anilines is 1. The number of carbonyl (C=O) groups is 2.